The summed E-state index contributed by atoms with van der Waals surface area (Å²) in [6.07, 6.45) is 0. The van der Waals surface area contributed by atoms with Gasteiger partial charge in [0.25, 0.3) is 0 Å². The minimum Gasteiger partial charge on any atom is -2.00 e. The van der Waals surface area contributed by atoms with E-state index >= 15 is 0 Å². The normalized spacial score (nSPS) is 0. The summed E-state index contributed by atoms with van der Waals surface area (Å²) in [6, 6.07) is 0. The molecular formula is Fe2Mn2O11W2. The van der Waals surface area contributed by atoms with E-state index in [-0.39, 0.29) is 171 Å². The fourth-order valence-corrected chi connectivity index (χ4v) is 0. The van der Waals surface area contributed by atoms with E-state index in [4.69, 9.17) is 0 Å². The van der Waals surface area contributed by atoms with E-state index in [1.807, 2.05) is 0 Å². The third-order valence-corrected chi connectivity index (χ3v) is 0. The molecule has 0 heterocycles. The van der Waals surface area contributed by atoms with Crippen LogP contribution >= 0.6 is 0 Å². The summed E-state index contributed by atoms with van der Waals surface area (Å²) in [6.45, 7) is 0. The zero-order valence-electron chi connectivity index (χ0n) is 6.77. The van der Waals surface area contributed by atoms with Crippen molar-refractivity contribution in [3.8, 4) is 0 Å². The average Bonchev–Trinajstić information content (AvgIpc) is 0. The fourth-order valence-electron chi connectivity index (χ4n) is 0. The standard InChI is InChI=1S/2Fe.2Mn.11O.2W/q2*+3;2*+2;11*-2;2*+6. The van der Waals surface area contributed by atoms with Gasteiger partial charge in [-0.05, 0) is 0 Å². The van der Waals surface area contributed by atoms with E-state index < -0.39 is 0 Å². The van der Waals surface area contributed by atoms with Gasteiger partial charge in [0.1, 0.15) is 0 Å². The molecule has 0 N–H and O–H groups in total. The van der Waals surface area contributed by atoms with E-state index in [1.165, 1.54) is 0 Å². The van der Waals surface area contributed by atoms with Gasteiger partial charge in [0.15, 0.2) is 0 Å². The Morgan fingerprint density at radius 3 is 0.235 bits per heavy atom. The molecule has 0 rings (SSSR count). The van der Waals surface area contributed by atoms with Gasteiger partial charge in [-0.1, -0.05) is 0 Å². The molecule has 0 unspecified atom stereocenters. The molecule has 0 aliphatic rings. The quantitative estimate of drug-likeness (QED) is 0.259. The largest absolute Gasteiger partial charge is 6.00 e. The minimum absolute atomic E-state index is 0. The summed E-state index contributed by atoms with van der Waals surface area (Å²) < 4.78 is 0. The average molecular weight is 765 g/mol. The van der Waals surface area contributed by atoms with Crippen LogP contribution in [0.2, 0.25) is 0 Å². The van der Waals surface area contributed by atoms with Crippen molar-refractivity contribution in [1.82, 2.24) is 0 Å². The zero-order valence-corrected chi connectivity index (χ0v) is 17.2. The molecule has 11 nitrogen and oxygen atoms in total. The molecule has 0 spiro atoms. The van der Waals surface area contributed by atoms with Crippen LogP contribution in [0.1, 0.15) is 0 Å². The second-order valence-corrected chi connectivity index (χ2v) is 0. The molecule has 4 radical (unpaired) electrons. The first kappa shape index (κ1) is 796. The smallest absolute Gasteiger partial charge is 2.00 e. The number of rotatable bonds is 0. The summed E-state index contributed by atoms with van der Waals surface area (Å²) in [5, 5.41) is 0. The molecule has 0 saturated heterocycles. The Morgan fingerprint density at radius 1 is 0.235 bits per heavy atom. The van der Waals surface area contributed by atoms with Crippen LogP contribution in [0.25, 0.3) is 0 Å². The van der Waals surface area contributed by atoms with Crippen molar-refractivity contribution in [3.05, 3.63) is 0 Å². The van der Waals surface area contributed by atoms with Crippen LogP contribution in [0.4, 0.5) is 0 Å². The molecular weight excluding hydrogens is 765 g/mol. The van der Waals surface area contributed by atoms with Crippen LogP contribution in [0.3, 0.4) is 0 Å². The van der Waals surface area contributed by atoms with Crippen molar-refractivity contribution in [2.45, 2.75) is 0 Å². The Kier molecular flexibility index (Phi) is 31800. The Morgan fingerprint density at radius 2 is 0.235 bits per heavy atom. The molecule has 17 heavy (non-hydrogen) atoms. The molecule has 0 amide bonds. The molecule has 0 aromatic rings. The first-order valence-corrected chi connectivity index (χ1v) is 0. The Hall–Kier alpha value is 3.01. The second-order valence-electron chi connectivity index (χ2n) is 0. The topological polar surface area (TPSA) is 314 Å². The van der Waals surface area contributed by atoms with E-state index in [1.54, 1.807) is 0 Å². The molecule has 0 atom stereocenters. The Bertz CT molecular complexity index is 25.4. The maximum absolute atomic E-state index is 0. The molecule has 0 aromatic carbocycles. The third-order valence-electron chi connectivity index (χ3n) is 0. The minimum atomic E-state index is 0. The van der Waals surface area contributed by atoms with Gasteiger partial charge in [-0.15, -0.1) is 0 Å². The number of hydrogen-bond acceptors (Lipinski definition) is 0. The van der Waals surface area contributed by atoms with E-state index in [2.05, 4.69) is 0 Å². The van der Waals surface area contributed by atoms with Crippen LogP contribution in [0, 0.1) is 0 Å². The van der Waals surface area contributed by atoms with Gasteiger partial charge >= 0.3 is 110 Å². The molecule has 0 aromatic heterocycles. The van der Waals surface area contributed by atoms with Gasteiger partial charge in [-0.2, -0.15) is 0 Å². The number of hydrogen-bond donors (Lipinski definition) is 0. The maximum atomic E-state index is 0. The van der Waals surface area contributed by atoms with Crippen molar-refractivity contribution in [1.29, 1.82) is 0 Å². The molecule has 0 fully saturated rings. The first-order chi connectivity index (χ1) is 0. The van der Waals surface area contributed by atoms with Crippen LogP contribution < -0.4 is 0 Å². The van der Waals surface area contributed by atoms with Gasteiger partial charge < -0.3 is 60.2 Å². The maximum Gasteiger partial charge on any atom is 6.00 e. The third kappa shape index (κ3) is 606. The van der Waals surface area contributed by atoms with Gasteiger partial charge in [-0.3, -0.25) is 0 Å². The summed E-state index contributed by atoms with van der Waals surface area (Å²) in [5.74, 6) is 0. The van der Waals surface area contributed by atoms with Gasteiger partial charge in [0, 0.05) is 0 Å². The van der Waals surface area contributed by atoms with Crippen molar-refractivity contribution >= 4 is 0 Å². The van der Waals surface area contributed by atoms with E-state index in [9.17, 15) is 0 Å². The second kappa shape index (κ2) is 679. The zero-order chi connectivity index (χ0) is 0. The molecule has 0 saturated carbocycles. The van der Waals surface area contributed by atoms with Gasteiger partial charge in [-0.25, -0.2) is 0 Å². The van der Waals surface area contributed by atoms with Crippen LogP contribution in [-0.2, 0) is 171 Å². The predicted molar refractivity (Wildman–Crippen MR) is 7.55 cm³/mol. The van der Waals surface area contributed by atoms with Crippen LogP contribution in [0.5, 0.6) is 0 Å². The van der Waals surface area contributed by atoms with Crippen LogP contribution in [0.15, 0.2) is 0 Å². The molecule has 108 valence electrons. The van der Waals surface area contributed by atoms with Crippen molar-refractivity contribution < 1.29 is 171 Å². The predicted octanol–water partition coefficient (Wildman–Crippen LogP) is -1.32. The van der Waals surface area contributed by atoms with Crippen LogP contribution in [-0.4, -0.2) is 0 Å². The molecule has 0 aliphatic heterocycles. The SMILES string of the molecule is [Fe+3].[Fe+3].[Mn+2].[Mn+2].[O-2].[O-2].[O-2].[O-2].[O-2].[O-2].[O-2].[O-2].[O-2].[O-2].[O-2].[W+6].[W+6]. The summed E-state index contributed by atoms with van der Waals surface area (Å²) >= 11 is 0. The fraction of sp³-hybridized carbons (Fsp3) is 0. The van der Waals surface area contributed by atoms with E-state index in [0.29, 0.717) is 0 Å². The summed E-state index contributed by atoms with van der Waals surface area (Å²) in [5.41, 5.74) is 0. The Labute approximate surface area is 169 Å². The first-order valence-electron chi connectivity index (χ1n) is 0. The van der Waals surface area contributed by atoms with Gasteiger partial charge in [0.2, 0.25) is 0 Å². The molecule has 0 bridgehead atoms. The summed E-state index contributed by atoms with van der Waals surface area (Å²) in [4.78, 5) is 0. The van der Waals surface area contributed by atoms with Crippen molar-refractivity contribution in [2.24, 2.45) is 0 Å². The molecule has 0 aliphatic carbocycles. The van der Waals surface area contributed by atoms with Crippen molar-refractivity contribution in [3.63, 3.8) is 0 Å². The van der Waals surface area contributed by atoms with E-state index in [0.717, 1.165) is 0 Å². The Balaban J connectivity index is 0. The van der Waals surface area contributed by atoms with Crippen molar-refractivity contribution in [2.75, 3.05) is 0 Å². The summed E-state index contributed by atoms with van der Waals surface area (Å²) in [7, 11) is 0. The van der Waals surface area contributed by atoms with Gasteiger partial charge in [0.05, 0.1) is 0 Å². The molecule has 17 heteroatoms. The monoisotopic (exact) mass is 766 g/mol.